The van der Waals surface area contributed by atoms with Crippen molar-refractivity contribution in [2.75, 3.05) is 18.6 Å². The summed E-state index contributed by atoms with van der Waals surface area (Å²) in [5.74, 6) is 1.18. The van der Waals surface area contributed by atoms with Crippen molar-refractivity contribution < 1.29 is 4.21 Å². The van der Waals surface area contributed by atoms with Crippen molar-refractivity contribution in [3.05, 3.63) is 0 Å². The van der Waals surface area contributed by atoms with E-state index in [4.69, 9.17) is 0 Å². The Bertz CT molecular complexity index is 324. The van der Waals surface area contributed by atoms with Gasteiger partial charge in [0.15, 0.2) is 5.17 Å². The third-order valence-electron chi connectivity index (χ3n) is 3.78. The average molecular weight is 274 g/mol. The van der Waals surface area contributed by atoms with Gasteiger partial charge >= 0.3 is 0 Å². The van der Waals surface area contributed by atoms with Gasteiger partial charge in [0.25, 0.3) is 0 Å². The van der Waals surface area contributed by atoms with Gasteiger partial charge in [-0.1, -0.05) is 31.5 Å². The number of aliphatic imine (C=N–C) groups is 1. The van der Waals surface area contributed by atoms with Crippen LogP contribution < -0.4 is 5.32 Å². The molecular formula is C12H22N2OS2. The van der Waals surface area contributed by atoms with Gasteiger partial charge in [0.1, 0.15) is 0 Å². The maximum atomic E-state index is 11.2. The van der Waals surface area contributed by atoms with Crippen molar-refractivity contribution in [3.8, 4) is 0 Å². The van der Waals surface area contributed by atoms with E-state index >= 15 is 0 Å². The molecule has 2 atom stereocenters. The summed E-state index contributed by atoms with van der Waals surface area (Å²) < 4.78 is 11.2. The monoisotopic (exact) mass is 274 g/mol. The highest BCUT2D eigenvalue weighted by atomic mass is 32.2. The molecule has 1 saturated carbocycles. The molecule has 5 heteroatoms. The minimum absolute atomic E-state index is 0.256. The normalized spacial score (nSPS) is 28.5. The molecule has 2 unspecified atom stereocenters. The Morgan fingerprint density at radius 1 is 1.53 bits per heavy atom. The van der Waals surface area contributed by atoms with Crippen molar-refractivity contribution in [1.82, 2.24) is 5.32 Å². The summed E-state index contributed by atoms with van der Waals surface area (Å²) in [7, 11) is -0.718. The van der Waals surface area contributed by atoms with Gasteiger partial charge in [-0.15, -0.1) is 0 Å². The standard InChI is InChI=1S/C12H22N2OS2/c1-10(17(2)15)5-8-13-11-14-12(9-16-11)6-3-4-7-12/h10H,3-9H2,1-2H3,(H,13,14). The molecule has 1 saturated heterocycles. The van der Waals surface area contributed by atoms with E-state index in [1.54, 1.807) is 6.26 Å². The smallest absolute Gasteiger partial charge is 0.157 e. The molecule has 0 radical (unpaired) electrons. The number of nitrogens with one attached hydrogen (secondary N) is 1. The molecule has 1 spiro atoms. The second-order valence-electron chi connectivity index (χ2n) is 5.19. The van der Waals surface area contributed by atoms with E-state index in [2.05, 4.69) is 10.3 Å². The Morgan fingerprint density at radius 3 is 2.88 bits per heavy atom. The highest BCUT2D eigenvalue weighted by molar-refractivity contribution is 8.14. The highest BCUT2D eigenvalue weighted by Crippen LogP contribution is 2.37. The molecule has 2 aliphatic rings. The average Bonchev–Trinajstić information content (AvgIpc) is 2.90. The van der Waals surface area contributed by atoms with Gasteiger partial charge < -0.3 is 5.32 Å². The first kappa shape index (κ1) is 13.4. The molecule has 98 valence electrons. The SMILES string of the molecule is CC(CCN=C1NC2(CCCC2)CS1)S(C)=O. The fourth-order valence-corrected chi connectivity index (χ4v) is 4.11. The molecule has 0 aromatic carbocycles. The van der Waals surface area contributed by atoms with Crippen LogP contribution in [0.5, 0.6) is 0 Å². The van der Waals surface area contributed by atoms with Crippen LogP contribution in [-0.2, 0) is 10.8 Å². The molecule has 2 fully saturated rings. The fourth-order valence-electron chi connectivity index (χ4n) is 2.43. The van der Waals surface area contributed by atoms with Gasteiger partial charge in [0.05, 0.1) is 0 Å². The lowest BCUT2D eigenvalue weighted by Gasteiger charge is -2.21. The van der Waals surface area contributed by atoms with Gasteiger partial charge in [-0.2, -0.15) is 0 Å². The molecule has 2 rings (SSSR count). The van der Waals surface area contributed by atoms with Crippen molar-refractivity contribution >= 4 is 27.7 Å². The van der Waals surface area contributed by atoms with Crippen LogP contribution >= 0.6 is 11.8 Å². The molecule has 1 aliphatic carbocycles. The first-order valence-corrected chi connectivity index (χ1v) is 9.00. The molecule has 0 aromatic rings. The lowest BCUT2D eigenvalue weighted by molar-refractivity contribution is 0.452. The molecule has 17 heavy (non-hydrogen) atoms. The number of rotatable bonds is 4. The topological polar surface area (TPSA) is 41.5 Å². The van der Waals surface area contributed by atoms with Crippen molar-refractivity contribution in [2.24, 2.45) is 4.99 Å². The third kappa shape index (κ3) is 3.47. The summed E-state index contributed by atoms with van der Waals surface area (Å²) in [4.78, 5) is 4.60. The molecule has 0 bridgehead atoms. The lowest BCUT2D eigenvalue weighted by atomic mass is 10.0. The molecule has 0 aromatic heterocycles. The van der Waals surface area contributed by atoms with Crippen LogP contribution in [0.3, 0.4) is 0 Å². The molecular weight excluding hydrogens is 252 g/mol. The van der Waals surface area contributed by atoms with Crippen LogP contribution in [0, 0.1) is 0 Å². The molecule has 1 heterocycles. The number of hydrogen-bond acceptors (Lipinski definition) is 3. The van der Waals surface area contributed by atoms with E-state index in [1.165, 1.54) is 31.4 Å². The van der Waals surface area contributed by atoms with Gasteiger partial charge in [0.2, 0.25) is 0 Å². The van der Waals surface area contributed by atoms with Crippen molar-refractivity contribution in [3.63, 3.8) is 0 Å². The molecule has 0 amide bonds. The lowest BCUT2D eigenvalue weighted by Crippen LogP contribution is -2.40. The number of amidine groups is 1. The van der Waals surface area contributed by atoms with E-state index in [0.29, 0.717) is 5.54 Å². The first-order chi connectivity index (χ1) is 8.11. The summed E-state index contributed by atoms with van der Waals surface area (Å²) >= 11 is 1.86. The van der Waals surface area contributed by atoms with Gasteiger partial charge in [0, 0.05) is 40.1 Å². The van der Waals surface area contributed by atoms with Gasteiger partial charge in [-0.3, -0.25) is 9.20 Å². The molecule has 1 aliphatic heterocycles. The summed E-state index contributed by atoms with van der Waals surface area (Å²) in [5, 5.41) is 4.97. The zero-order valence-electron chi connectivity index (χ0n) is 10.7. The Hall–Kier alpha value is -0.0300. The predicted molar refractivity (Wildman–Crippen MR) is 77.2 cm³/mol. The Labute approximate surface area is 111 Å². The summed E-state index contributed by atoms with van der Waals surface area (Å²) in [6.07, 6.45) is 8.00. The van der Waals surface area contributed by atoms with E-state index < -0.39 is 10.8 Å². The number of thioether (sulfide) groups is 1. The summed E-state index contributed by atoms with van der Waals surface area (Å²) in [6.45, 7) is 2.83. The Balaban J connectivity index is 1.78. The largest absolute Gasteiger partial charge is 0.359 e. The minimum atomic E-state index is -0.718. The maximum absolute atomic E-state index is 11.2. The van der Waals surface area contributed by atoms with Crippen molar-refractivity contribution in [2.45, 2.75) is 49.8 Å². The van der Waals surface area contributed by atoms with Crippen LogP contribution in [0.1, 0.15) is 39.0 Å². The van der Waals surface area contributed by atoms with Gasteiger partial charge in [-0.25, -0.2) is 0 Å². The van der Waals surface area contributed by atoms with Crippen LogP contribution in [0.15, 0.2) is 4.99 Å². The van der Waals surface area contributed by atoms with E-state index in [1.807, 2.05) is 18.7 Å². The first-order valence-electron chi connectivity index (χ1n) is 6.39. The van der Waals surface area contributed by atoms with Gasteiger partial charge in [-0.05, 0) is 19.3 Å². The summed E-state index contributed by atoms with van der Waals surface area (Å²) in [6, 6.07) is 0. The predicted octanol–water partition coefficient (Wildman–Crippen LogP) is 2.15. The molecule has 3 nitrogen and oxygen atoms in total. The van der Waals surface area contributed by atoms with Crippen LogP contribution in [0.25, 0.3) is 0 Å². The zero-order valence-corrected chi connectivity index (χ0v) is 12.3. The Kier molecular flexibility index (Phi) is 4.53. The maximum Gasteiger partial charge on any atom is 0.157 e. The van der Waals surface area contributed by atoms with E-state index in [0.717, 1.165) is 18.1 Å². The number of nitrogens with zero attached hydrogens (tertiary/aromatic N) is 1. The molecule has 1 N–H and O–H groups in total. The fraction of sp³-hybridized carbons (Fsp3) is 0.917. The number of hydrogen-bond donors (Lipinski definition) is 1. The van der Waals surface area contributed by atoms with Crippen LogP contribution in [0.4, 0.5) is 0 Å². The van der Waals surface area contributed by atoms with Crippen molar-refractivity contribution in [1.29, 1.82) is 0 Å². The quantitative estimate of drug-likeness (QED) is 0.854. The Morgan fingerprint density at radius 2 is 2.24 bits per heavy atom. The van der Waals surface area contributed by atoms with E-state index in [9.17, 15) is 4.21 Å². The highest BCUT2D eigenvalue weighted by Gasteiger charge is 2.39. The second kappa shape index (κ2) is 5.74. The third-order valence-corrected chi connectivity index (χ3v) is 6.35. The zero-order chi connectivity index (χ0) is 12.3. The second-order valence-corrected chi connectivity index (χ2v) is 7.95. The van der Waals surface area contributed by atoms with Crippen LogP contribution in [0.2, 0.25) is 0 Å². The summed E-state index contributed by atoms with van der Waals surface area (Å²) in [5.41, 5.74) is 0.364. The van der Waals surface area contributed by atoms with E-state index in [-0.39, 0.29) is 5.25 Å². The van der Waals surface area contributed by atoms with Crippen LogP contribution in [-0.4, -0.2) is 38.7 Å². The minimum Gasteiger partial charge on any atom is -0.359 e.